The zero-order valence-electron chi connectivity index (χ0n) is 9.09. The van der Waals surface area contributed by atoms with E-state index in [-0.39, 0.29) is 18.3 Å². The van der Waals surface area contributed by atoms with Gasteiger partial charge in [-0.3, -0.25) is 0 Å². The third kappa shape index (κ3) is 4.11. The minimum Gasteiger partial charge on any atom is -0.493 e. The van der Waals surface area contributed by atoms with E-state index < -0.39 is 17.6 Å². The van der Waals surface area contributed by atoms with Crippen LogP contribution in [0.15, 0.2) is 18.2 Å². The van der Waals surface area contributed by atoms with Gasteiger partial charge in [-0.15, -0.1) is 0 Å². The Hall–Kier alpha value is -0.910. The number of benzene rings is 1. The van der Waals surface area contributed by atoms with Crippen molar-refractivity contribution in [2.45, 2.75) is 13.1 Å². The maximum atomic E-state index is 12.9. The van der Waals surface area contributed by atoms with Crippen molar-refractivity contribution in [1.29, 1.82) is 0 Å². The number of ether oxygens (including phenoxy) is 1. The van der Waals surface area contributed by atoms with Crippen LogP contribution in [-0.2, 0) is 6.18 Å². The summed E-state index contributed by atoms with van der Waals surface area (Å²) in [5.41, 5.74) is -1.31. The molecule has 0 heterocycles. The predicted molar refractivity (Wildman–Crippen MR) is 59.9 cm³/mol. The Bertz CT molecular complexity index is 378. The lowest BCUT2D eigenvalue weighted by Gasteiger charge is -2.13. The standard InChI is InChI=1S/C11H12F4OS/c1-7(6-17)5-16-8-2-3-10(12)9(4-8)11(13,14)15/h2-4,7,17H,5-6H2,1H3. The van der Waals surface area contributed by atoms with E-state index in [1.165, 1.54) is 6.07 Å². The predicted octanol–water partition coefficient (Wildman–Crippen LogP) is 3.79. The normalized spacial score (nSPS) is 13.5. The van der Waals surface area contributed by atoms with Gasteiger partial charge in [0.05, 0.1) is 12.2 Å². The molecule has 17 heavy (non-hydrogen) atoms. The number of hydrogen-bond acceptors (Lipinski definition) is 2. The molecule has 1 rings (SSSR count). The van der Waals surface area contributed by atoms with Gasteiger partial charge in [0.15, 0.2) is 0 Å². The monoisotopic (exact) mass is 268 g/mol. The molecular formula is C11H12F4OS. The first-order chi connectivity index (χ1) is 7.84. The summed E-state index contributed by atoms with van der Waals surface area (Å²) < 4.78 is 55.2. The smallest absolute Gasteiger partial charge is 0.419 e. The van der Waals surface area contributed by atoms with Crippen LogP contribution in [0.2, 0.25) is 0 Å². The fourth-order valence-electron chi connectivity index (χ4n) is 1.10. The van der Waals surface area contributed by atoms with Crippen molar-refractivity contribution in [2.75, 3.05) is 12.4 Å². The van der Waals surface area contributed by atoms with E-state index in [1.807, 2.05) is 6.92 Å². The molecule has 0 aromatic heterocycles. The average molecular weight is 268 g/mol. The molecular weight excluding hydrogens is 256 g/mol. The summed E-state index contributed by atoms with van der Waals surface area (Å²) in [6, 6.07) is 2.60. The number of halogens is 4. The molecule has 1 atom stereocenters. The maximum Gasteiger partial charge on any atom is 0.419 e. The Morgan fingerprint density at radius 3 is 2.53 bits per heavy atom. The summed E-state index contributed by atoms with van der Waals surface area (Å²) >= 11 is 4.02. The molecule has 6 heteroatoms. The van der Waals surface area contributed by atoms with Gasteiger partial charge in [0.1, 0.15) is 11.6 Å². The van der Waals surface area contributed by atoms with Crippen molar-refractivity contribution in [2.24, 2.45) is 5.92 Å². The van der Waals surface area contributed by atoms with Crippen molar-refractivity contribution >= 4 is 12.6 Å². The molecule has 0 spiro atoms. The van der Waals surface area contributed by atoms with Gasteiger partial charge in [-0.05, 0) is 29.9 Å². The molecule has 0 aliphatic rings. The fourth-order valence-corrected chi connectivity index (χ4v) is 1.21. The summed E-state index contributed by atoms with van der Waals surface area (Å²) in [5, 5.41) is 0. The van der Waals surface area contributed by atoms with Gasteiger partial charge in [0, 0.05) is 0 Å². The molecule has 0 bridgehead atoms. The summed E-state index contributed by atoms with van der Waals surface area (Å²) in [7, 11) is 0. The highest BCUT2D eigenvalue weighted by Gasteiger charge is 2.34. The van der Waals surface area contributed by atoms with Gasteiger partial charge in [-0.1, -0.05) is 6.92 Å². The molecule has 1 aromatic rings. The van der Waals surface area contributed by atoms with Crippen LogP contribution in [0.4, 0.5) is 17.6 Å². The van der Waals surface area contributed by atoms with E-state index in [2.05, 4.69) is 12.6 Å². The van der Waals surface area contributed by atoms with Crippen LogP contribution in [0.3, 0.4) is 0 Å². The number of alkyl halides is 3. The largest absolute Gasteiger partial charge is 0.493 e. The third-order valence-electron chi connectivity index (χ3n) is 2.09. The van der Waals surface area contributed by atoms with Crippen LogP contribution in [0.5, 0.6) is 5.75 Å². The molecule has 0 saturated carbocycles. The van der Waals surface area contributed by atoms with Gasteiger partial charge in [0.2, 0.25) is 0 Å². The summed E-state index contributed by atoms with van der Waals surface area (Å²) in [5.74, 6) is -0.620. The Morgan fingerprint density at radius 2 is 2.00 bits per heavy atom. The Morgan fingerprint density at radius 1 is 1.35 bits per heavy atom. The van der Waals surface area contributed by atoms with Gasteiger partial charge in [-0.2, -0.15) is 25.8 Å². The molecule has 0 fully saturated rings. The Balaban J connectivity index is 2.82. The molecule has 0 aliphatic carbocycles. The molecule has 1 nitrogen and oxygen atoms in total. The molecule has 0 N–H and O–H groups in total. The zero-order valence-corrected chi connectivity index (χ0v) is 9.99. The van der Waals surface area contributed by atoms with E-state index in [4.69, 9.17) is 4.74 Å². The van der Waals surface area contributed by atoms with E-state index in [0.29, 0.717) is 11.8 Å². The van der Waals surface area contributed by atoms with Gasteiger partial charge >= 0.3 is 6.18 Å². The quantitative estimate of drug-likeness (QED) is 0.645. The van der Waals surface area contributed by atoms with Crippen molar-refractivity contribution in [3.63, 3.8) is 0 Å². The summed E-state index contributed by atoms with van der Waals surface area (Å²) in [6.07, 6.45) is -4.71. The average Bonchev–Trinajstić information content (AvgIpc) is 2.26. The molecule has 1 aromatic carbocycles. The highest BCUT2D eigenvalue weighted by atomic mass is 32.1. The van der Waals surface area contributed by atoms with Gasteiger partial charge < -0.3 is 4.74 Å². The van der Waals surface area contributed by atoms with Crippen LogP contribution in [0.25, 0.3) is 0 Å². The zero-order chi connectivity index (χ0) is 13.1. The van der Waals surface area contributed by atoms with Gasteiger partial charge in [-0.25, -0.2) is 4.39 Å². The molecule has 1 unspecified atom stereocenters. The van der Waals surface area contributed by atoms with E-state index in [9.17, 15) is 17.6 Å². The van der Waals surface area contributed by atoms with Crippen LogP contribution in [0, 0.1) is 11.7 Å². The van der Waals surface area contributed by atoms with Crippen molar-refractivity contribution in [1.82, 2.24) is 0 Å². The minimum absolute atomic E-state index is 0.00681. The van der Waals surface area contributed by atoms with Crippen molar-refractivity contribution < 1.29 is 22.3 Å². The van der Waals surface area contributed by atoms with E-state index in [1.54, 1.807) is 0 Å². The highest BCUT2D eigenvalue weighted by molar-refractivity contribution is 7.80. The molecule has 96 valence electrons. The van der Waals surface area contributed by atoms with Crippen molar-refractivity contribution in [3.8, 4) is 5.75 Å². The second kappa shape index (κ2) is 5.62. The fraction of sp³-hybridized carbons (Fsp3) is 0.455. The first kappa shape index (κ1) is 14.2. The molecule has 0 aliphatic heterocycles. The van der Waals surface area contributed by atoms with Crippen molar-refractivity contribution in [3.05, 3.63) is 29.6 Å². The number of rotatable bonds is 4. The van der Waals surface area contributed by atoms with Crippen LogP contribution < -0.4 is 4.74 Å². The number of thiol groups is 1. The van der Waals surface area contributed by atoms with Gasteiger partial charge in [0.25, 0.3) is 0 Å². The second-order valence-electron chi connectivity index (χ2n) is 3.74. The summed E-state index contributed by atoms with van der Waals surface area (Å²) in [6.45, 7) is 2.09. The SMILES string of the molecule is CC(CS)COc1ccc(F)c(C(F)(F)F)c1. The first-order valence-corrected chi connectivity index (χ1v) is 5.58. The molecule has 0 radical (unpaired) electrons. The highest BCUT2D eigenvalue weighted by Crippen LogP contribution is 2.33. The molecule has 0 saturated heterocycles. The van der Waals surface area contributed by atoms with E-state index in [0.717, 1.165) is 6.07 Å². The Labute approximate surface area is 102 Å². The third-order valence-corrected chi connectivity index (χ3v) is 2.71. The second-order valence-corrected chi connectivity index (χ2v) is 4.10. The summed E-state index contributed by atoms with van der Waals surface area (Å²) in [4.78, 5) is 0. The van der Waals surface area contributed by atoms with Crippen LogP contribution >= 0.6 is 12.6 Å². The lowest BCUT2D eigenvalue weighted by molar-refractivity contribution is -0.140. The topological polar surface area (TPSA) is 9.23 Å². The van der Waals surface area contributed by atoms with Crippen LogP contribution in [0.1, 0.15) is 12.5 Å². The Kier molecular flexibility index (Phi) is 4.68. The van der Waals surface area contributed by atoms with Crippen LogP contribution in [-0.4, -0.2) is 12.4 Å². The lowest BCUT2D eigenvalue weighted by atomic mass is 10.2. The number of hydrogen-bond donors (Lipinski definition) is 1. The lowest BCUT2D eigenvalue weighted by Crippen LogP contribution is -2.12. The van der Waals surface area contributed by atoms with E-state index >= 15 is 0 Å². The maximum absolute atomic E-state index is 12.9. The minimum atomic E-state index is -4.71. The first-order valence-electron chi connectivity index (χ1n) is 4.95. The molecule has 0 amide bonds.